The molecule has 5 heteroatoms. The van der Waals surface area contributed by atoms with E-state index in [0.29, 0.717) is 23.6 Å². The van der Waals surface area contributed by atoms with E-state index < -0.39 is 12.0 Å². The largest absolute Gasteiger partial charge is 0.480 e. The minimum atomic E-state index is -0.947. The molecule has 0 aliphatic carbocycles. The van der Waals surface area contributed by atoms with Gasteiger partial charge >= 0.3 is 5.97 Å². The third-order valence-electron chi connectivity index (χ3n) is 3.50. The quantitative estimate of drug-likeness (QED) is 0.906. The highest BCUT2D eigenvalue weighted by Crippen LogP contribution is 2.27. The summed E-state index contributed by atoms with van der Waals surface area (Å²) < 4.78 is 0. The Morgan fingerprint density at radius 3 is 2.63 bits per heavy atom. The molecule has 0 radical (unpaired) electrons. The van der Waals surface area contributed by atoms with Crippen LogP contribution in [0.4, 0.5) is 0 Å². The average Bonchev–Trinajstić information content (AvgIpc) is 2.68. The van der Waals surface area contributed by atoms with E-state index in [4.69, 9.17) is 11.6 Å². The fourth-order valence-corrected chi connectivity index (χ4v) is 2.87. The van der Waals surface area contributed by atoms with Crippen LogP contribution in [0, 0.1) is 12.8 Å². The summed E-state index contributed by atoms with van der Waals surface area (Å²) >= 11 is 5.94. The Hall–Kier alpha value is -1.55. The van der Waals surface area contributed by atoms with E-state index in [1.165, 1.54) is 4.90 Å². The van der Waals surface area contributed by atoms with Crippen molar-refractivity contribution in [1.82, 2.24) is 4.90 Å². The normalized spacial score (nSPS) is 22.6. The highest BCUT2D eigenvalue weighted by atomic mass is 35.5. The number of hydrogen-bond acceptors (Lipinski definition) is 2. The van der Waals surface area contributed by atoms with Crippen LogP contribution in [0.15, 0.2) is 18.2 Å². The summed E-state index contributed by atoms with van der Waals surface area (Å²) in [6.45, 7) is 4.18. The smallest absolute Gasteiger partial charge is 0.326 e. The molecule has 1 aromatic carbocycles. The van der Waals surface area contributed by atoms with Crippen molar-refractivity contribution in [3.05, 3.63) is 34.3 Å². The van der Waals surface area contributed by atoms with E-state index in [0.717, 1.165) is 5.56 Å². The molecule has 1 amide bonds. The number of benzene rings is 1. The number of rotatable bonds is 2. The number of carboxylic acid groups (broad SMARTS) is 1. The van der Waals surface area contributed by atoms with Crippen molar-refractivity contribution < 1.29 is 14.7 Å². The zero-order valence-corrected chi connectivity index (χ0v) is 11.6. The molecular weight excluding hydrogens is 266 g/mol. The lowest BCUT2D eigenvalue weighted by molar-refractivity contribution is -0.142. The summed E-state index contributed by atoms with van der Waals surface area (Å²) in [5.74, 6) is -1.24. The van der Waals surface area contributed by atoms with Gasteiger partial charge in [0.1, 0.15) is 6.04 Å². The second-order valence-electron chi connectivity index (χ2n) is 5.06. The zero-order valence-electron chi connectivity index (χ0n) is 10.9. The Balaban J connectivity index is 2.31. The third-order valence-corrected chi connectivity index (χ3v) is 3.72. The van der Waals surface area contributed by atoms with Crippen molar-refractivity contribution in [2.24, 2.45) is 5.92 Å². The van der Waals surface area contributed by atoms with Crippen LogP contribution < -0.4 is 0 Å². The second-order valence-corrected chi connectivity index (χ2v) is 5.50. The fraction of sp³-hybridized carbons (Fsp3) is 0.429. The van der Waals surface area contributed by atoms with Crippen LogP contribution in [-0.2, 0) is 4.79 Å². The molecule has 0 bridgehead atoms. The number of hydrogen-bond donors (Lipinski definition) is 1. The number of carboxylic acids is 1. The maximum Gasteiger partial charge on any atom is 0.326 e. The number of aliphatic carboxylic acids is 1. The van der Waals surface area contributed by atoms with Crippen molar-refractivity contribution in [2.75, 3.05) is 6.54 Å². The monoisotopic (exact) mass is 281 g/mol. The van der Waals surface area contributed by atoms with Gasteiger partial charge in [-0.3, -0.25) is 4.79 Å². The lowest BCUT2D eigenvalue weighted by Crippen LogP contribution is -2.42. The van der Waals surface area contributed by atoms with E-state index in [2.05, 4.69) is 0 Å². The van der Waals surface area contributed by atoms with Gasteiger partial charge in [0.15, 0.2) is 0 Å². The summed E-state index contributed by atoms with van der Waals surface area (Å²) in [6.07, 6.45) is 0.711. The van der Waals surface area contributed by atoms with E-state index in [1.54, 1.807) is 18.2 Å². The van der Waals surface area contributed by atoms with Crippen molar-refractivity contribution in [2.45, 2.75) is 26.3 Å². The molecule has 4 nitrogen and oxygen atoms in total. The van der Waals surface area contributed by atoms with Gasteiger partial charge in [0.25, 0.3) is 5.91 Å². The molecule has 2 unspecified atom stereocenters. The summed E-state index contributed by atoms with van der Waals surface area (Å²) in [6, 6.07) is 4.33. The summed E-state index contributed by atoms with van der Waals surface area (Å²) in [4.78, 5) is 25.1. The molecule has 1 aliphatic rings. The number of likely N-dealkylation sites (tertiary alicyclic amines) is 1. The first-order chi connectivity index (χ1) is 8.90. The predicted molar refractivity (Wildman–Crippen MR) is 72.4 cm³/mol. The highest BCUT2D eigenvalue weighted by molar-refractivity contribution is 6.31. The Bertz CT molecular complexity index is 509. The molecular formula is C14H16ClNO3. The van der Waals surface area contributed by atoms with E-state index in [9.17, 15) is 14.7 Å². The molecule has 19 heavy (non-hydrogen) atoms. The van der Waals surface area contributed by atoms with Crippen LogP contribution in [0.2, 0.25) is 5.02 Å². The van der Waals surface area contributed by atoms with Crippen molar-refractivity contribution in [3.63, 3.8) is 0 Å². The van der Waals surface area contributed by atoms with E-state index >= 15 is 0 Å². The number of nitrogens with zero attached hydrogens (tertiary/aromatic N) is 1. The van der Waals surface area contributed by atoms with Gasteiger partial charge in [-0.05, 0) is 43.0 Å². The topological polar surface area (TPSA) is 57.6 Å². The number of halogens is 1. The van der Waals surface area contributed by atoms with Crippen molar-refractivity contribution in [1.29, 1.82) is 0 Å². The van der Waals surface area contributed by atoms with Gasteiger partial charge in [0.2, 0.25) is 0 Å². The van der Waals surface area contributed by atoms with Gasteiger partial charge in [0.05, 0.1) is 0 Å². The van der Waals surface area contributed by atoms with Gasteiger partial charge in [0, 0.05) is 17.1 Å². The molecule has 2 atom stereocenters. The number of aryl methyl sites for hydroxylation is 1. The van der Waals surface area contributed by atoms with Crippen LogP contribution in [0.25, 0.3) is 0 Å². The summed E-state index contributed by atoms with van der Waals surface area (Å²) in [5.41, 5.74) is 1.33. The Kier molecular flexibility index (Phi) is 3.80. The van der Waals surface area contributed by atoms with Crippen LogP contribution in [-0.4, -0.2) is 34.5 Å². The lowest BCUT2D eigenvalue weighted by atomic mass is 10.0. The minimum Gasteiger partial charge on any atom is -0.480 e. The molecule has 1 saturated heterocycles. The second kappa shape index (κ2) is 5.21. The number of carbonyl (C=O) groups is 2. The van der Waals surface area contributed by atoms with Gasteiger partial charge < -0.3 is 10.0 Å². The first-order valence-electron chi connectivity index (χ1n) is 6.21. The zero-order chi connectivity index (χ0) is 14.2. The molecule has 102 valence electrons. The molecule has 1 aromatic rings. The average molecular weight is 282 g/mol. The Morgan fingerprint density at radius 2 is 2.05 bits per heavy atom. The first kappa shape index (κ1) is 13.9. The maximum atomic E-state index is 12.4. The lowest BCUT2D eigenvalue weighted by Gasteiger charge is -2.23. The van der Waals surface area contributed by atoms with Crippen LogP contribution in [0.1, 0.15) is 29.3 Å². The Morgan fingerprint density at radius 1 is 1.37 bits per heavy atom. The third kappa shape index (κ3) is 2.73. The molecule has 1 aliphatic heterocycles. The van der Waals surface area contributed by atoms with Gasteiger partial charge in [-0.25, -0.2) is 4.79 Å². The van der Waals surface area contributed by atoms with Crippen LogP contribution in [0.5, 0.6) is 0 Å². The number of carbonyl (C=O) groups excluding carboxylic acids is 1. The van der Waals surface area contributed by atoms with Crippen LogP contribution in [0.3, 0.4) is 0 Å². The number of amides is 1. The Labute approximate surface area is 117 Å². The van der Waals surface area contributed by atoms with E-state index in [-0.39, 0.29) is 11.8 Å². The fourth-order valence-electron chi connectivity index (χ4n) is 2.58. The maximum absolute atomic E-state index is 12.4. The molecule has 0 aromatic heterocycles. The molecule has 1 fully saturated rings. The summed E-state index contributed by atoms with van der Waals surface area (Å²) in [7, 11) is 0. The highest BCUT2D eigenvalue weighted by Gasteiger charge is 2.39. The van der Waals surface area contributed by atoms with E-state index in [1.807, 2.05) is 13.8 Å². The summed E-state index contributed by atoms with van der Waals surface area (Å²) in [5, 5.41) is 9.73. The van der Waals surface area contributed by atoms with Crippen LogP contribution >= 0.6 is 11.6 Å². The SMILES string of the molecule is Cc1cc(Cl)cc(C(=O)N2CCC(C)C2C(=O)O)c1. The minimum absolute atomic E-state index is 0.0262. The standard InChI is InChI=1S/C14H16ClNO3/c1-8-5-10(7-11(15)6-8)13(17)16-4-3-9(2)12(16)14(18)19/h5-7,9,12H,3-4H2,1-2H3,(H,18,19). The molecule has 0 spiro atoms. The predicted octanol–water partition coefficient (Wildman–Crippen LogP) is 2.58. The van der Waals surface area contributed by atoms with Crippen molar-refractivity contribution >= 4 is 23.5 Å². The first-order valence-corrected chi connectivity index (χ1v) is 6.59. The molecule has 1 heterocycles. The van der Waals surface area contributed by atoms with Gasteiger partial charge in [-0.2, -0.15) is 0 Å². The van der Waals surface area contributed by atoms with Crippen molar-refractivity contribution in [3.8, 4) is 0 Å². The molecule has 2 rings (SSSR count). The molecule has 1 N–H and O–H groups in total. The van der Waals surface area contributed by atoms with Gasteiger partial charge in [-0.1, -0.05) is 18.5 Å². The van der Waals surface area contributed by atoms with Gasteiger partial charge in [-0.15, -0.1) is 0 Å². The molecule has 0 saturated carbocycles.